The van der Waals surface area contributed by atoms with Crippen molar-refractivity contribution in [3.63, 3.8) is 0 Å². The minimum absolute atomic E-state index is 0.0201. The molecule has 6 heteroatoms. The van der Waals surface area contributed by atoms with Gasteiger partial charge >= 0.3 is 0 Å². The van der Waals surface area contributed by atoms with E-state index in [2.05, 4.69) is 53.6 Å². The number of nitrogens with one attached hydrogen (secondary N) is 1. The molecule has 1 N–H and O–H groups in total. The van der Waals surface area contributed by atoms with Gasteiger partial charge in [0.1, 0.15) is 5.82 Å². The van der Waals surface area contributed by atoms with Crippen LogP contribution in [0.2, 0.25) is 0 Å². The molecule has 0 fully saturated rings. The number of aryl methyl sites for hydroxylation is 3. The number of carbonyl (C=O) groups is 1. The number of amides is 1. The van der Waals surface area contributed by atoms with Crippen LogP contribution in [-0.4, -0.2) is 32.0 Å². The van der Waals surface area contributed by atoms with Gasteiger partial charge in [0.25, 0.3) is 0 Å². The van der Waals surface area contributed by atoms with Crippen LogP contribution in [0, 0.1) is 13.8 Å². The fraction of sp³-hybridized carbons (Fsp3) is 0.348. The molecule has 2 atom stereocenters. The number of aromatic nitrogens is 3. The highest BCUT2D eigenvalue weighted by Crippen LogP contribution is 2.26. The summed E-state index contributed by atoms with van der Waals surface area (Å²) in [4.78, 5) is 12.7. The van der Waals surface area contributed by atoms with Crippen LogP contribution in [0.5, 0.6) is 0 Å². The van der Waals surface area contributed by atoms with E-state index in [-0.39, 0.29) is 17.2 Å². The van der Waals surface area contributed by atoms with Gasteiger partial charge in [0.15, 0.2) is 5.16 Å². The molecule has 3 rings (SSSR count). The summed E-state index contributed by atoms with van der Waals surface area (Å²) < 4.78 is 1.99. The summed E-state index contributed by atoms with van der Waals surface area (Å²) in [6, 6.07) is 18.7. The first kappa shape index (κ1) is 21.1. The second-order valence-corrected chi connectivity index (χ2v) is 8.70. The molecule has 0 saturated heterocycles. The van der Waals surface area contributed by atoms with Crippen LogP contribution in [0.1, 0.15) is 37.2 Å². The Kier molecular flexibility index (Phi) is 7.09. The summed E-state index contributed by atoms with van der Waals surface area (Å²) in [5, 5.41) is 12.1. The fourth-order valence-electron chi connectivity index (χ4n) is 3.08. The summed E-state index contributed by atoms with van der Waals surface area (Å²) >= 11 is 1.43. The van der Waals surface area contributed by atoms with Crippen molar-refractivity contribution in [3.05, 3.63) is 71.5 Å². The van der Waals surface area contributed by atoms with Gasteiger partial charge < -0.3 is 5.32 Å². The Bertz CT molecular complexity index is 937. The van der Waals surface area contributed by atoms with Crippen molar-refractivity contribution in [1.29, 1.82) is 0 Å². The first-order valence-electron chi connectivity index (χ1n) is 9.94. The molecule has 3 aromatic rings. The largest absolute Gasteiger partial charge is 0.353 e. The molecular weight excluding hydrogens is 380 g/mol. The number of nitrogens with zero attached hydrogens (tertiary/aromatic N) is 3. The van der Waals surface area contributed by atoms with Gasteiger partial charge in [0, 0.05) is 11.7 Å². The summed E-state index contributed by atoms with van der Waals surface area (Å²) in [7, 11) is 0. The minimum Gasteiger partial charge on any atom is -0.353 e. The number of thioether (sulfide) groups is 1. The second-order valence-electron chi connectivity index (χ2n) is 7.39. The van der Waals surface area contributed by atoms with E-state index in [1.807, 2.05) is 48.7 Å². The normalized spacial score (nSPS) is 13.1. The van der Waals surface area contributed by atoms with Crippen LogP contribution in [0.4, 0.5) is 0 Å². The quantitative estimate of drug-likeness (QED) is 0.558. The highest BCUT2D eigenvalue weighted by atomic mass is 32.2. The molecule has 1 aromatic heterocycles. The Morgan fingerprint density at radius 3 is 2.41 bits per heavy atom. The van der Waals surface area contributed by atoms with Crippen LogP contribution in [0.3, 0.4) is 0 Å². The highest BCUT2D eigenvalue weighted by Gasteiger charge is 2.21. The van der Waals surface area contributed by atoms with E-state index < -0.39 is 0 Å². The number of benzene rings is 2. The molecule has 2 unspecified atom stereocenters. The van der Waals surface area contributed by atoms with Crippen LogP contribution in [0.25, 0.3) is 5.69 Å². The first-order chi connectivity index (χ1) is 13.9. The Morgan fingerprint density at radius 1 is 1.03 bits per heavy atom. The lowest BCUT2D eigenvalue weighted by atomic mass is 10.1. The number of carbonyl (C=O) groups excluding carboxylic acids is 1. The maximum Gasteiger partial charge on any atom is 0.233 e. The standard InChI is InChI=1S/C23H28N4OS/c1-16-10-14-21(15-11-16)27-19(4)25-26-23(27)29-18(3)22(28)24-17(2)12-13-20-8-6-5-7-9-20/h5-11,14-15,17-18H,12-13H2,1-4H3,(H,24,28). The zero-order valence-corrected chi connectivity index (χ0v) is 18.2. The van der Waals surface area contributed by atoms with Gasteiger partial charge in [-0.15, -0.1) is 10.2 Å². The molecule has 0 aliphatic carbocycles. The smallest absolute Gasteiger partial charge is 0.233 e. The Hall–Kier alpha value is -2.60. The molecular formula is C23H28N4OS. The van der Waals surface area contributed by atoms with Crippen LogP contribution >= 0.6 is 11.8 Å². The summed E-state index contributed by atoms with van der Waals surface area (Å²) in [5.41, 5.74) is 3.49. The second kappa shape index (κ2) is 9.74. The van der Waals surface area contributed by atoms with Crippen molar-refractivity contribution in [3.8, 4) is 5.69 Å². The lowest BCUT2D eigenvalue weighted by molar-refractivity contribution is -0.120. The molecule has 1 amide bonds. The van der Waals surface area contributed by atoms with E-state index in [1.54, 1.807) is 0 Å². The Labute approximate surface area is 176 Å². The fourth-order valence-corrected chi connectivity index (χ4v) is 4.00. The van der Waals surface area contributed by atoms with E-state index in [9.17, 15) is 4.79 Å². The van der Waals surface area contributed by atoms with Crippen molar-refractivity contribution >= 4 is 17.7 Å². The van der Waals surface area contributed by atoms with Gasteiger partial charge in [-0.05, 0) is 58.2 Å². The van der Waals surface area contributed by atoms with Crippen molar-refractivity contribution in [1.82, 2.24) is 20.1 Å². The number of hydrogen-bond acceptors (Lipinski definition) is 4. The topological polar surface area (TPSA) is 59.8 Å². The number of rotatable bonds is 8. The van der Waals surface area contributed by atoms with E-state index in [1.165, 1.54) is 22.9 Å². The average Bonchev–Trinajstić information content (AvgIpc) is 3.08. The predicted octanol–water partition coefficient (Wildman–Crippen LogP) is 4.50. The molecule has 0 spiro atoms. The average molecular weight is 409 g/mol. The maximum atomic E-state index is 12.7. The highest BCUT2D eigenvalue weighted by molar-refractivity contribution is 8.00. The maximum absolute atomic E-state index is 12.7. The molecule has 0 aliphatic rings. The zero-order chi connectivity index (χ0) is 20.8. The predicted molar refractivity (Wildman–Crippen MR) is 119 cm³/mol. The van der Waals surface area contributed by atoms with Gasteiger partial charge in [0.2, 0.25) is 5.91 Å². The first-order valence-corrected chi connectivity index (χ1v) is 10.8. The van der Waals surface area contributed by atoms with E-state index in [4.69, 9.17) is 0 Å². The molecule has 152 valence electrons. The van der Waals surface area contributed by atoms with Gasteiger partial charge in [-0.2, -0.15) is 0 Å². The van der Waals surface area contributed by atoms with Gasteiger partial charge in [-0.1, -0.05) is 59.8 Å². The zero-order valence-electron chi connectivity index (χ0n) is 17.4. The van der Waals surface area contributed by atoms with E-state index in [0.29, 0.717) is 0 Å². The molecule has 1 heterocycles. The third-order valence-electron chi connectivity index (χ3n) is 4.84. The van der Waals surface area contributed by atoms with Crippen molar-refractivity contribution in [2.45, 2.75) is 57.0 Å². The SMILES string of the molecule is Cc1ccc(-n2c(C)nnc2SC(C)C(=O)NC(C)CCc2ccccc2)cc1. The molecule has 5 nitrogen and oxygen atoms in total. The third kappa shape index (κ3) is 5.70. The van der Waals surface area contributed by atoms with Crippen molar-refractivity contribution < 1.29 is 4.79 Å². The Morgan fingerprint density at radius 2 is 1.72 bits per heavy atom. The van der Waals surface area contributed by atoms with Crippen LogP contribution in [0.15, 0.2) is 59.8 Å². The van der Waals surface area contributed by atoms with Gasteiger partial charge in [0.05, 0.1) is 5.25 Å². The van der Waals surface area contributed by atoms with Crippen molar-refractivity contribution in [2.24, 2.45) is 0 Å². The van der Waals surface area contributed by atoms with Gasteiger partial charge in [-0.3, -0.25) is 9.36 Å². The van der Waals surface area contributed by atoms with E-state index >= 15 is 0 Å². The van der Waals surface area contributed by atoms with Crippen LogP contribution < -0.4 is 5.32 Å². The summed E-state index contributed by atoms with van der Waals surface area (Å²) in [6.07, 6.45) is 1.86. The molecule has 0 saturated carbocycles. The molecule has 0 radical (unpaired) electrons. The lowest BCUT2D eigenvalue weighted by Crippen LogP contribution is -2.38. The third-order valence-corrected chi connectivity index (χ3v) is 5.88. The van der Waals surface area contributed by atoms with Crippen LogP contribution in [-0.2, 0) is 11.2 Å². The van der Waals surface area contributed by atoms with E-state index in [0.717, 1.165) is 29.5 Å². The van der Waals surface area contributed by atoms with Gasteiger partial charge in [-0.25, -0.2) is 0 Å². The molecule has 0 bridgehead atoms. The molecule has 2 aromatic carbocycles. The minimum atomic E-state index is -0.262. The lowest BCUT2D eigenvalue weighted by Gasteiger charge is -2.17. The molecule has 29 heavy (non-hydrogen) atoms. The number of hydrogen-bond donors (Lipinski definition) is 1. The van der Waals surface area contributed by atoms with Crippen molar-refractivity contribution in [2.75, 3.05) is 0 Å². The summed E-state index contributed by atoms with van der Waals surface area (Å²) in [5.74, 6) is 0.826. The molecule has 0 aliphatic heterocycles. The summed E-state index contributed by atoms with van der Waals surface area (Å²) in [6.45, 7) is 7.95. The monoisotopic (exact) mass is 408 g/mol. The Balaban J connectivity index is 1.59.